The molecule has 7 heteroatoms. The summed E-state index contributed by atoms with van der Waals surface area (Å²) in [5.41, 5.74) is 1.63. The van der Waals surface area contributed by atoms with Crippen LogP contribution in [0.4, 0.5) is 9.93 Å². The number of aryl methyl sites for hydroxylation is 1. The standard InChI is InChI=1S/C15H13N5OS/c1-11-13(4-3-12-5-9-17-10-6-12)22-15(19-11)20-14(21)18-8-2-7-16/h5-6,9-10H,2,8H2,1H3,(H2,18,19,20,21). The lowest BCUT2D eigenvalue weighted by Gasteiger charge is -2.01. The Labute approximate surface area is 132 Å². The summed E-state index contributed by atoms with van der Waals surface area (Å²) >= 11 is 1.31. The van der Waals surface area contributed by atoms with Gasteiger partial charge in [0, 0.05) is 24.5 Å². The van der Waals surface area contributed by atoms with Crippen molar-refractivity contribution in [3.05, 3.63) is 40.7 Å². The molecule has 2 aromatic rings. The first-order valence-corrected chi connectivity index (χ1v) is 7.32. The van der Waals surface area contributed by atoms with Crippen molar-refractivity contribution < 1.29 is 4.79 Å². The molecular formula is C15H13N5OS. The van der Waals surface area contributed by atoms with Crippen LogP contribution in [0.1, 0.15) is 22.6 Å². The molecule has 0 aliphatic carbocycles. The molecule has 2 amide bonds. The minimum absolute atomic E-state index is 0.271. The van der Waals surface area contributed by atoms with Gasteiger partial charge in [-0.25, -0.2) is 9.78 Å². The fourth-order valence-corrected chi connectivity index (χ4v) is 2.32. The van der Waals surface area contributed by atoms with Gasteiger partial charge < -0.3 is 5.32 Å². The summed E-state index contributed by atoms with van der Waals surface area (Å²) in [5, 5.41) is 14.1. The van der Waals surface area contributed by atoms with E-state index in [1.807, 2.05) is 25.1 Å². The van der Waals surface area contributed by atoms with Crippen LogP contribution in [-0.2, 0) is 0 Å². The van der Waals surface area contributed by atoms with E-state index >= 15 is 0 Å². The number of hydrogen-bond acceptors (Lipinski definition) is 5. The Bertz CT molecular complexity index is 752. The number of hydrogen-bond donors (Lipinski definition) is 2. The zero-order valence-corrected chi connectivity index (χ0v) is 12.7. The van der Waals surface area contributed by atoms with E-state index < -0.39 is 0 Å². The molecule has 0 radical (unpaired) electrons. The van der Waals surface area contributed by atoms with E-state index in [1.165, 1.54) is 11.3 Å². The van der Waals surface area contributed by atoms with Gasteiger partial charge in [-0.15, -0.1) is 0 Å². The molecule has 22 heavy (non-hydrogen) atoms. The van der Waals surface area contributed by atoms with Crippen molar-refractivity contribution in [3.8, 4) is 17.9 Å². The number of rotatable bonds is 3. The van der Waals surface area contributed by atoms with Crippen LogP contribution in [0.3, 0.4) is 0 Å². The van der Waals surface area contributed by atoms with E-state index in [9.17, 15) is 4.79 Å². The van der Waals surface area contributed by atoms with Gasteiger partial charge in [0.05, 0.1) is 18.2 Å². The second-order valence-electron chi connectivity index (χ2n) is 4.21. The van der Waals surface area contributed by atoms with Crippen LogP contribution in [0, 0.1) is 30.1 Å². The first-order valence-electron chi connectivity index (χ1n) is 6.50. The minimum atomic E-state index is -0.377. The first-order chi connectivity index (χ1) is 10.7. The van der Waals surface area contributed by atoms with Crippen LogP contribution in [0.5, 0.6) is 0 Å². The number of carbonyl (C=O) groups is 1. The summed E-state index contributed by atoms with van der Waals surface area (Å²) in [7, 11) is 0. The smallest absolute Gasteiger partial charge is 0.321 e. The third kappa shape index (κ3) is 4.58. The SMILES string of the molecule is Cc1nc(NC(=O)NCCC#N)sc1C#Cc1ccncc1. The maximum Gasteiger partial charge on any atom is 0.321 e. The van der Waals surface area contributed by atoms with E-state index in [2.05, 4.69) is 32.4 Å². The lowest BCUT2D eigenvalue weighted by Crippen LogP contribution is -2.29. The van der Waals surface area contributed by atoms with Crippen LogP contribution in [-0.4, -0.2) is 22.5 Å². The van der Waals surface area contributed by atoms with Crippen LogP contribution < -0.4 is 10.6 Å². The molecule has 2 rings (SSSR count). The predicted octanol–water partition coefficient (Wildman–Crippen LogP) is 2.28. The molecular weight excluding hydrogens is 298 g/mol. The van der Waals surface area contributed by atoms with E-state index in [4.69, 9.17) is 5.26 Å². The highest BCUT2D eigenvalue weighted by molar-refractivity contribution is 7.16. The maximum atomic E-state index is 11.6. The number of aromatic nitrogens is 2. The monoisotopic (exact) mass is 311 g/mol. The van der Waals surface area contributed by atoms with Crippen molar-refractivity contribution in [1.82, 2.24) is 15.3 Å². The lowest BCUT2D eigenvalue weighted by molar-refractivity contribution is 0.252. The van der Waals surface area contributed by atoms with Gasteiger partial charge in [0.2, 0.25) is 0 Å². The average molecular weight is 311 g/mol. The number of thiazole rings is 1. The Morgan fingerprint density at radius 3 is 2.86 bits per heavy atom. The number of pyridine rings is 1. The molecule has 0 unspecified atom stereocenters. The average Bonchev–Trinajstić information content (AvgIpc) is 2.86. The molecule has 110 valence electrons. The quantitative estimate of drug-likeness (QED) is 0.672. The van der Waals surface area contributed by atoms with Crippen molar-refractivity contribution in [2.75, 3.05) is 11.9 Å². The topological polar surface area (TPSA) is 90.7 Å². The molecule has 0 aliphatic heterocycles. The summed E-state index contributed by atoms with van der Waals surface area (Å²) < 4.78 is 0. The number of nitrogens with zero attached hydrogens (tertiary/aromatic N) is 3. The van der Waals surface area contributed by atoms with Crippen molar-refractivity contribution in [2.45, 2.75) is 13.3 Å². The van der Waals surface area contributed by atoms with Gasteiger partial charge in [0.25, 0.3) is 0 Å². The third-order valence-electron chi connectivity index (χ3n) is 2.54. The number of nitrogens with one attached hydrogen (secondary N) is 2. The predicted molar refractivity (Wildman–Crippen MR) is 84.3 cm³/mol. The van der Waals surface area contributed by atoms with E-state index in [0.29, 0.717) is 11.7 Å². The Morgan fingerprint density at radius 1 is 1.36 bits per heavy atom. The summed E-state index contributed by atoms with van der Waals surface area (Å²) in [6.07, 6.45) is 3.64. The van der Waals surface area contributed by atoms with E-state index in [1.54, 1.807) is 12.4 Å². The number of urea groups is 1. The highest BCUT2D eigenvalue weighted by Crippen LogP contribution is 2.21. The summed E-state index contributed by atoms with van der Waals surface area (Å²) in [6, 6.07) is 5.23. The Hall–Kier alpha value is -2.90. The molecule has 0 atom stereocenters. The molecule has 0 bridgehead atoms. The van der Waals surface area contributed by atoms with Gasteiger partial charge in [-0.3, -0.25) is 10.3 Å². The van der Waals surface area contributed by atoms with Gasteiger partial charge in [0.1, 0.15) is 4.88 Å². The van der Waals surface area contributed by atoms with Gasteiger partial charge in [0.15, 0.2) is 5.13 Å². The molecule has 0 aromatic carbocycles. The molecule has 0 fully saturated rings. The highest BCUT2D eigenvalue weighted by atomic mass is 32.1. The van der Waals surface area contributed by atoms with Crippen LogP contribution >= 0.6 is 11.3 Å². The summed E-state index contributed by atoms with van der Waals surface area (Å²) in [6.45, 7) is 2.15. The second-order valence-corrected chi connectivity index (χ2v) is 5.21. The number of carbonyl (C=O) groups excluding carboxylic acids is 1. The molecule has 0 saturated heterocycles. The fourth-order valence-electron chi connectivity index (χ4n) is 1.50. The fraction of sp³-hybridized carbons (Fsp3) is 0.200. The molecule has 0 spiro atoms. The van der Waals surface area contributed by atoms with Crippen LogP contribution in [0.25, 0.3) is 0 Å². The van der Waals surface area contributed by atoms with Crippen LogP contribution in [0.2, 0.25) is 0 Å². The highest BCUT2D eigenvalue weighted by Gasteiger charge is 2.08. The first kappa shape index (κ1) is 15.5. The van der Waals surface area contributed by atoms with Gasteiger partial charge >= 0.3 is 6.03 Å². The number of anilines is 1. The summed E-state index contributed by atoms with van der Waals surface area (Å²) in [4.78, 5) is 20.6. The van der Waals surface area contributed by atoms with E-state index in [0.717, 1.165) is 16.1 Å². The van der Waals surface area contributed by atoms with Gasteiger partial charge in [-0.1, -0.05) is 17.3 Å². The summed E-state index contributed by atoms with van der Waals surface area (Å²) in [5.74, 6) is 6.06. The normalized spacial score (nSPS) is 9.27. The molecule has 6 nitrogen and oxygen atoms in total. The van der Waals surface area contributed by atoms with Crippen molar-refractivity contribution in [2.24, 2.45) is 0 Å². The van der Waals surface area contributed by atoms with Gasteiger partial charge in [-0.05, 0) is 25.0 Å². The Balaban J connectivity index is 2.01. The number of amides is 2. The van der Waals surface area contributed by atoms with Crippen molar-refractivity contribution in [3.63, 3.8) is 0 Å². The van der Waals surface area contributed by atoms with Crippen molar-refractivity contribution in [1.29, 1.82) is 5.26 Å². The zero-order valence-electron chi connectivity index (χ0n) is 11.9. The number of nitriles is 1. The zero-order chi connectivity index (χ0) is 15.8. The maximum absolute atomic E-state index is 11.6. The molecule has 2 N–H and O–H groups in total. The second kappa shape index (κ2) is 7.77. The molecule has 0 saturated carbocycles. The Morgan fingerprint density at radius 2 is 2.14 bits per heavy atom. The van der Waals surface area contributed by atoms with Crippen molar-refractivity contribution >= 4 is 22.5 Å². The minimum Gasteiger partial charge on any atom is -0.337 e. The Kier molecular flexibility index (Phi) is 5.47. The van der Waals surface area contributed by atoms with E-state index in [-0.39, 0.29) is 12.5 Å². The van der Waals surface area contributed by atoms with Gasteiger partial charge in [-0.2, -0.15) is 5.26 Å². The molecule has 2 aromatic heterocycles. The lowest BCUT2D eigenvalue weighted by atomic mass is 10.2. The van der Waals surface area contributed by atoms with Crippen LogP contribution in [0.15, 0.2) is 24.5 Å². The third-order valence-corrected chi connectivity index (χ3v) is 3.53. The largest absolute Gasteiger partial charge is 0.337 e. The molecule has 2 heterocycles. The molecule has 0 aliphatic rings.